The van der Waals surface area contributed by atoms with E-state index in [1.54, 1.807) is 6.07 Å². The zero-order valence-electron chi connectivity index (χ0n) is 6.61. The normalized spacial score (nSPS) is 10.5. The molecular formula is C9H7NO3. The summed E-state index contributed by atoms with van der Waals surface area (Å²) in [7, 11) is 0. The lowest BCUT2D eigenvalue weighted by molar-refractivity contribution is 0.405. The van der Waals surface area contributed by atoms with Crippen molar-refractivity contribution in [1.82, 2.24) is 4.98 Å². The van der Waals surface area contributed by atoms with Gasteiger partial charge in [0.15, 0.2) is 11.5 Å². The number of pyridine rings is 1. The number of aromatic hydroxyl groups is 2. The highest BCUT2D eigenvalue weighted by molar-refractivity contribution is 5.84. The highest BCUT2D eigenvalue weighted by atomic mass is 16.3. The number of hydrogen-bond donors (Lipinski definition) is 3. The average Bonchev–Trinajstić information content (AvgIpc) is 2.09. The van der Waals surface area contributed by atoms with Gasteiger partial charge < -0.3 is 15.2 Å². The lowest BCUT2D eigenvalue weighted by Gasteiger charge is -1.99. The molecule has 0 saturated heterocycles. The van der Waals surface area contributed by atoms with Gasteiger partial charge in [-0.3, -0.25) is 4.79 Å². The molecule has 1 heterocycles. The molecule has 0 radical (unpaired) electrons. The number of benzene rings is 1. The van der Waals surface area contributed by atoms with E-state index >= 15 is 0 Å². The van der Waals surface area contributed by atoms with Gasteiger partial charge in [0.1, 0.15) is 0 Å². The molecule has 0 amide bonds. The number of hydrogen-bond acceptors (Lipinski definition) is 3. The molecule has 0 spiro atoms. The zero-order chi connectivity index (χ0) is 9.42. The molecule has 13 heavy (non-hydrogen) atoms. The van der Waals surface area contributed by atoms with E-state index in [1.165, 1.54) is 18.3 Å². The van der Waals surface area contributed by atoms with Crippen LogP contribution in [0.25, 0.3) is 10.8 Å². The Morgan fingerprint density at radius 1 is 1.15 bits per heavy atom. The molecule has 66 valence electrons. The second-order valence-corrected chi connectivity index (χ2v) is 2.73. The third-order valence-electron chi connectivity index (χ3n) is 1.87. The summed E-state index contributed by atoms with van der Waals surface area (Å²) in [6.45, 7) is 0. The third-order valence-corrected chi connectivity index (χ3v) is 1.87. The lowest BCUT2D eigenvalue weighted by Crippen LogP contribution is -2.03. The maximum Gasteiger partial charge on any atom is 0.255 e. The summed E-state index contributed by atoms with van der Waals surface area (Å²) in [5, 5.41) is 19.2. The van der Waals surface area contributed by atoms with E-state index in [4.69, 9.17) is 10.2 Å². The Hall–Kier alpha value is -1.97. The van der Waals surface area contributed by atoms with Crippen molar-refractivity contribution in [3.05, 3.63) is 34.7 Å². The molecule has 2 rings (SSSR count). The molecule has 1 aromatic carbocycles. The predicted molar refractivity (Wildman–Crippen MR) is 47.9 cm³/mol. The Kier molecular flexibility index (Phi) is 1.48. The van der Waals surface area contributed by atoms with E-state index in [1.807, 2.05) is 0 Å². The van der Waals surface area contributed by atoms with E-state index < -0.39 is 0 Å². The van der Waals surface area contributed by atoms with Crippen molar-refractivity contribution in [2.45, 2.75) is 0 Å². The summed E-state index contributed by atoms with van der Waals surface area (Å²) >= 11 is 0. The summed E-state index contributed by atoms with van der Waals surface area (Å²) in [4.78, 5) is 13.7. The van der Waals surface area contributed by atoms with Gasteiger partial charge in [-0.25, -0.2) is 0 Å². The van der Waals surface area contributed by atoms with Gasteiger partial charge in [0.05, 0.1) is 5.39 Å². The van der Waals surface area contributed by atoms with Crippen LogP contribution in [0.1, 0.15) is 0 Å². The van der Waals surface area contributed by atoms with Crippen molar-refractivity contribution in [3.63, 3.8) is 0 Å². The average molecular weight is 177 g/mol. The van der Waals surface area contributed by atoms with Crippen molar-refractivity contribution in [1.29, 1.82) is 0 Å². The van der Waals surface area contributed by atoms with E-state index in [9.17, 15) is 4.79 Å². The van der Waals surface area contributed by atoms with Crippen molar-refractivity contribution < 1.29 is 10.2 Å². The standard InChI is InChI=1S/C9H7NO3/c11-7-3-5-1-2-10-9(13)6(5)4-8(7)12/h1-4,11-12H,(H,10,13). The fourth-order valence-corrected chi connectivity index (χ4v) is 1.21. The Bertz CT molecular complexity index is 516. The Labute approximate surface area is 73.1 Å². The van der Waals surface area contributed by atoms with Crippen molar-refractivity contribution in [3.8, 4) is 11.5 Å². The quantitative estimate of drug-likeness (QED) is 0.524. The SMILES string of the molecule is O=c1[nH]ccc2cc(O)c(O)cc12. The summed E-state index contributed by atoms with van der Waals surface area (Å²) < 4.78 is 0. The zero-order valence-corrected chi connectivity index (χ0v) is 6.61. The van der Waals surface area contributed by atoms with Gasteiger partial charge in [0.25, 0.3) is 5.56 Å². The number of nitrogens with one attached hydrogen (secondary N) is 1. The topological polar surface area (TPSA) is 73.3 Å². The summed E-state index contributed by atoms with van der Waals surface area (Å²) in [5.74, 6) is -0.512. The largest absolute Gasteiger partial charge is 0.504 e. The van der Waals surface area contributed by atoms with Crippen LogP contribution >= 0.6 is 0 Å². The van der Waals surface area contributed by atoms with Crippen LogP contribution in [-0.2, 0) is 0 Å². The van der Waals surface area contributed by atoms with Crippen molar-refractivity contribution in [2.24, 2.45) is 0 Å². The predicted octanol–water partition coefficient (Wildman–Crippen LogP) is 0.939. The molecule has 0 unspecified atom stereocenters. The van der Waals surface area contributed by atoms with Gasteiger partial charge in [0.2, 0.25) is 0 Å². The van der Waals surface area contributed by atoms with Gasteiger partial charge in [-0.1, -0.05) is 0 Å². The first-order chi connectivity index (χ1) is 6.18. The monoisotopic (exact) mass is 177 g/mol. The van der Waals surface area contributed by atoms with E-state index in [0.717, 1.165) is 0 Å². The lowest BCUT2D eigenvalue weighted by atomic mass is 10.1. The van der Waals surface area contributed by atoms with Crippen LogP contribution in [-0.4, -0.2) is 15.2 Å². The van der Waals surface area contributed by atoms with Crippen LogP contribution in [0, 0.1) is 0 Å². The number of aromatic amines is 1. The van der Waals surface area contributed by atoms with Crippen LogP contribution in [0.2, 0.25) is 0 Å². The minimum absolute atomic E-state index is 0.224. The molecule has 0 saturated carbocycles. The van der Waals surface area contributed by atoms with Crippen LogP contribution in [0.3, 0.4) is 0 Å². The first-order valence-corrected chi connectivity index (χ1v) is 3.72. The molecule has 0 bridgehead atoms. The van der Waals surface area contributed by atoms with Crippen LogP contribution in [0.4, 0.5) is 0 Å². The highest BCUT2D eigenvalue weighted by Crippen LogP contribution is 2.27. The smallest absolute Gasteiger partial charge is 0.255 e. The van der Waals surface area contributed by atoms with Crippen LogP contribution in [0.5, 0.6) is 11.5 Å². The Morgan fingerprint density at radius 2 is 1.85 bits per heavy atom. The number of phenolic OH excluding ortho intramolecular Hbond substituents is 2. The molecule has 0 aliphatic heterocycles. The molecule has 1 aromatic heterocycles. The van der Waals surface area contributed by atoms with Gasteiger partial charge in [-0.15, -0.1) is 0 Å². The number of H-pyrrole nitrogens is 1. The minimum atomic E-state index is -0.288. The molecule has 0 atom stereocenters. The maximum absolute atomic E-state index is 11.2. The van der Waals surface area contributed by atoms with Crippen molar-refractivity contribution in [2.75, 3.05) is 0 Å². The minimum Gasteiger partial charge on any atom is -0.504 e. The number of rotatable bonds is 0. The van der Waals surface area contributed by atoms with E-state index in [-0.39, 0.29) is 17.1 Å². The van der Waals surface area contributed by atoms with E-state index in [2.05, 4.69) is 4.98 Å². The van der Waals surface area contributed by atoms with E-state index in [0.29, 0.717) is 10.8 Å². The van der Waals surface area contributed by atoms with Gasteiger partial charge in [-0.2, -0.15) is 0 Å². The third kappa shape index (κ3) is 1.12. The van der Waals surface area contributed by atoms with Gasteiger partial charge in [-0.05, 0) is 23.6 Å². The molecular weight excluding hydrogens is 170 g/mol. The second kappa shape index (κ2) is 2.52. The first kappa shape index (κ1) is 7.67. The molecule has 2 aromatic rings. The molecule has 4 nitrogen and oxygen atoms in total. The summed E-state index contributed by atoms with van der Waals surface area (Å²) in [6, 6.07) is 4.24. The first-order valence-electron chi connectivity index (χ1n) is 3.72. The van der Waals surface area contributed by atoms with Crippen LogP contribution < -0.4 is 5.56 Å². The summed E-state index contributed by atoms with van der Waals surface area (Å²) in [5.41, 5.74) is -0.284. The molecule has 0 aliphatic rings. The van der Waals surface area contributed by atoms with Crippen molar-refractivity contribution >= 4 is 10.8 Å². The Morgan fingerprint density at radius 3 is 2.62 bits per heavy atom. The van der Waals surface area contributed by atoms with Gasteiger partial charge in [0, 0.05) is 6.20 Å². The summed E-state index contributed by atoms with van der Waals surface area (Å²) in [6.07, 6.45) is 1.49. The fourth-order valence-electron chi connectivity index (χ4n) is 1.21. The molecule has 3 N–H and O–H groups in total. The fraction of sp³-hybridized carbons (Fsp3) is 0. The molecule has 0 aliphatic carbocycles. The second-order valence-electron chi connectivity index (χ2n) is 2.73. The van der Waals surface area contributed by atoms with Crippen LogP contribution in [0.15, 0.2) is 29.2 Å². The molecule has 0 fully saturated rings. The molecule has 4 heteroatoms. The maximum atomic E-state index is 11.2. The number of aromatic nitrogens is 1. The number of phenols is 2. The highest BCUT2D eigenvalue weighted by Gasteiger charge is 2.03. The Balaban J connectivity index is 2.97. The van der Waals surface area contributed by atoms with Gasteiger partial charge >= 0.3 is 0 Å². The number of fused-ring (bicyclic) bond motifs is 1.